The number of rotatable bonds is 2. The van der Waals surface area contributed by atoms with E-state index in [1.54, 1.807) is 6.07 Å². The van der Waals surface area contributed by atoms with Gasteiger partial charge in [0, 0.05) is 31.0 Å². The van der Waals surface area contributed by atoms with Gasteiger partial charge in [0.1, 0.15) is 17.9 Å². The molecule has 2 fully saturated rings. The fourth-order valence-corrected chi connectivity index (χ4v) is 2.57. The molecule has 1 aliphatic heterocycles. The van der Waals surface area contributed by atoms with Crippen molar-refractivity contribution in [1.29, 1.82) is 5.26 Å². The minimum Gasteiger partial charge on any atom is -0.474 e. The first-order chi connectivity index (χ1) is 7.86. The molecule has 1 N–H and O–H groups in total. The smallest absolute Gasteiger partial charge is 0.214 e. The molecule has 1 saturated heterocycles. The maximum atomic E-state index is 8.75. The molecule has 17 heavy (non-hydrogen) atoms. The summed E-state index contributed by atoms with van der Waals surface area (Å²) in [4.78, 5) is 4.14. The summed E-state index contributed by atoms with van der Waals surface area (Å²) in [7, 11) is 0. The fourth-order valence-electron chi connectivity index (χ4n) is 2.57. The lowest BCUT2D eigenvalue weighted by Crippen LogP contribution is -2.59. The Balaban J connectivity index is 0.00000108. The highest BCUT2D eigenvalue weighted by Gasteiger charge is 2.45. The topological polar surface area (TPSA) is 57.9 Å². The van der Waals surface area contributed by atoms with E-state index in [1.807, 2.05) is 18.2 Å². The van der Waals surface area contributed by atoms with Crippen molar-refractivity contribution < 1.29 is 4.74 Å². The highest BCUT2D eigenvalue weighted by atomic mass is 35.5. The normalized spacial score (nSPS) is 29.5. The molecule has 2 bridgehead atoms. The maximum Gasteiger partial charge on any atom is 0.214 e. The first-order valence-corrected chi connectivity index (χ1v) is 5.61. The van der Waals surface area contributed by atoms with Gasteiger partial charge in [-0.3, -0.25) is 0 Å². The molecular formula is C12H14ClN3O. The van der Waals surface area contributed by atoms with Crippen LogP contribution < -0.4 is 10.1 Å². The first kappa shape index (κ1) is 12.2. The second-order valence-electron chi connectivity index (χ2n) is 4.47. The summed E-state index contributed by atoms with van der Waals surface area (Å²) in [6, 6.07) is 7.35. The zero-order valence-corrected chi connectivity index (χ0v) is 10.1. The number of pyridine rings is 1. The van der Waals surface area contributed by atoms with Gasteiger partial charge in [0.25, 0.3) is 0 Å². The quantitative estimate of drug-likeness (QED) is 0.862. The third-order valence-corrected chi connectivity index (χ3v) is 3.44. The van der Waals surface area contributed by atoms with Crippen LogP contribution in [0.1, 0.15) is 12.1 Å². The van der Waals surface area contributed by atoms with Crippen LogP contribution in [0, 0.1) is 23.2 Å². The molecule has 2 heterocycles. The van der Waals surface area contributed by atoms with Gasteiger partial charge in [0.15, 0.2) is 0 Å². The van der Waals surface area contributed by atoms with Crippen molar-refractivity contribution in [3.05, 3.63) is 23.9 Å². The highest BCUT2D eigenvalue weighted by molar-refractivity contribution is 5.85. The van der Waals surface area contributed by atoms with E-state index in [4.69, 9.17) is 10.00 Å². The molecule has 0 spiro atoms. The van der Waals surface area contributed by atoms with Crippen LogP contribution >= 0.6 is 12.4 Å². The summed E-state index contributed by atoms with van der Waals surface area (Å²) in [5.74, 6) is 1.82. The molecule has 3 rings (SSSR count). The van der Waals surface area contributed by atoms with Gasteiger partial charge in [-0.2, -0.15) is 5.26 Å². The van der Waals surface area contributed by atoms with Crippen molar-refractivity contribution in [2.75, 3.05) is 13.1 Å². The maximum absolute atomic E-state index is 8.75. The number of nitriles is 1. The number of halogens is 1. The Morgan fingerprint density at radius 1 is 1.35 bits per heavy atom. The average molecular weight is 252 g/mol. The summed E-state index contributed by atoms with van der Waals surface area (Å²) in [6.45, 7) is 2.08. The van der Waals surface area contributed by atoms with Crippen LogP contribution in [0.3, 0.4) is 0 Å². The number of aromatic nitrogens is 1. The number of hydrogen-bond acceptors (Lipinski definition) is 4. The largest absolute Gasteiger partial charge is 0.474 e. The molecule has 1 aliphatic carbocycles. The van der Waals surface area contributed by atoms with E-state index >= 15 is 0 Å². The third-order valence-electron chi connectivity index (χ3n) is 3.44. The van der Waals surface area contributed by atoms with Crippen molar-refractivity contribution in [1.82, 2.24) is 10.3 Å². The average Bonchev–Trinajstić information content (AvgIpc) is 2.37. The van der Waals surface area contributed by atoms with Crippen LogP contribution in [-0.4, -0.2) is 24.2 Å². The van der Waals surface area contributed by atoms with Gasteiger partial charge in [-0.25, -0.2) is 4.98 Å². The van der Waals surface area contributed by atoms with Crippen LogP contribution in [-0.2, 0) is 0 Å². The van der Waals surface area contributed by atoms with Gasteiger partial charge >= 0.3 is 0 Å². The van der Waals surface area contributed by atoms with Crippen LogP contribution in [0.15, 0.2) is 18.2 Å². The van der Waals surface area contributed by atoms with Crippen LogP contribution in [0.25, 0.3) is 0 Å². The second kappa shape index (κ2) is 4.91. The number of hydrogen-bond donors (Lipinski definition) is 1. The van der Waals surface area contributed by atoms with E-state index in [2.05, 4.69) is 10.3 Å². The lowest BCUT2D eigenvalue weighted by Gasteiger charge is -2.48. The molecule has 4 nitrogen and oxygen atoms in total. The number of ether oxygens (including phenoxy) is 1. The molecule has 0 amide bonds. The molecule has 1 saturated carbocycles. The Hall–Kier alpha value is -1.31. The van der Waals surface area contributed by atoms with E-state index in [0.717, 1.165) is 13.1 Å². The zero-order chi connectivity index (χ0) is 11.0. The minimum absolute atomic E-state index is 0. The molecule has 2 aliphatic rings. The highest BCUT2D eigenvalue weighted by Crippen LogP contribution is 2.39. The lowest BCUT2D eigenvalue weighted by molar-refractivity contribution is -0.0470. The van der Waals surface area contributed by atoms with Crippen LogP contribution in [0.4, 0.5) is 0 Å². The first-order valence-electron chi connectivity index (χ1n) is 5.61. The van der Waals surface area contributed by atoms with Crippen molar-refractivity contribution in [2.24, 2.45) is 11.8 Å². The predicted octanol–water partition coefficient (Wildman–Crippen LogP) is 1.36. The molecule has 3 atom stereocenters. The van der Waals surface area contributed by atoms with Crippen molar-refractivity contribution in [3.63, 3.8) is 0 Å². The Bertz CT molecular complexity index is 432. The van der Waals surface area contributed by atoms with Crippen LogP contribution in [0.2, 0.25) is 0 Å². The molecule has 0 aromatic carbocycles. The standard InChI is InChI=1S/C12H13N3O.ClH/c13-5-10-2-1-3-11(15-10)16-12-8-4-9(12)7-14-6-8;/h1-3,8-9,12,14H,4,6-7H2;1H/t8-,9+,12?;. The Morgan fingerprint density at radius 3 is 2.76 bits per heavy atom. The van der Waals surface area contributed by atoms with E-state index in [1.165, 1.54) is 6.42 Å². The van der Waals surface area contributed by atoms with Gasteiger partial charge in [-0.1, -0.05) is 6.07 Å². The van der Waals surface area contributed by atoms with Crippen molar-refractivity contribution >= 4 is 12.4 Å². The SMILES string of the molecule is Cl.N#Cc1cccc(OC2[C@@H]3CNC[C@H]2C3)n1. The van der Waals surface area contributed by atoms with Gasteiger partial charge < -0.3 is 10.1 Å². The molecule has 5 heteroatoms. The monoisotopic (exact) mass is 251 g/mol. The molecule has 90 valence electrons. The van der Waals surface area contributed by atoms with E-state index in [0.29, 0.717) is 29.5 Å². The third kappa shape index (κ3) is 2.21. The molecular weight excluding hydrogens is 238 g/mol. The van der Waals surface area contributed by atoms with Gasteiger partial charge in [0.05, 0.1) is 0 Å². The molecule has 0 radical (unpaired) electrons. The van der Waals surface area contributed by atoms with E-state index in [-0.39, 0.29) is 12.4 Å². The lowest BCUT2D eigenvalue weighted by atomic mass is 9.69. The van der Waals surface area contributed by atoms with Gasteiger partial charge in [-0.05, 0) is 12.5 Å². The summed E-state index contributed by atoms with van der Waals surface area (Å²) < 4.78 is 5.86. The second-order valence-corrected chi connectivity index (χ2v) is 4.47. The predicted molar refractivity (Wildman–Crippen MR) is 65.1 cm³/mol. The zero-order valence-electron chi connectivity index (χ0n) is 9.30. The number of piperidine rings is 2. The van der Waals surface area contributed by atoms with Gasteiger partial charge in [0.2, 0.25) is 5.88 Å². The summed E-state index contributed by atoms with van der Waals surface area (Å²) >= 11 is 0. The Labute approximate surface area is 106 Å². The Kier molecular flexibility index (Phi) is 3.51. The van der Waals surface area contributed by atoms with Crippen LogP contribution in [0.5, 0.6) is 5.88 Å². The Morgan fingerprint density at radius 2 is 2.12 bits per heavy atom. The number of nitrogens with one attached hydrogen (secondary N) is 1. The summed E-state index contributed by atoms with van der Waals surface area (Å²) in [5, 5.41) is 12.1. The molecule has 1 aromatic rings. The fraction of sp³-hybridized carbons (Fsp3) is 0.500. The van der Waals surface area contributed by atoms with Crippen molar-refractivity contribution in [3.8, 4) is 11.9 Å². The van der Waals surface area contributed by atoms with Crippen molar-refractivity contribution in [2.45, 2.75) is 12.5 Å². The van der Waals surface area contributed by atoms with E-state index in [9.17, 15) is 0 Å². The number of fused-ring (bicyclic) bond motifs is 2. The van der Waals surface area contributed by atoms with E-state index < -0.39 is 0 Å². The summed E-state index contributed by atoms with van der Waals surface area (Å²) in [6.07, 6.45) is 1.55. The molecule has 1 unspecified atom stereocenters. The van der Waals surface area contributed by atoms with Gasteiger partial charge in [-0.15, -0.1) is 12.4 Å². The minimum atomic E-state index is 0. The summed E-state index contributed by atoms with van der Waals surface area (Å²) in [5.41, 5.74) is 0.417. The molecule has 1 aromatic heterocycles. The number of nitrogens with zero attached hydrogens (tertiary/aromatic N) is 2.